The number of ketones is 1. The van der Waals surface area contributed by atoms with Crippen molar-refractivity contribution in [3.63, 3.8) is 0 Å². The van der Waals surface area contributed by atoms with Gasteiger partial charge in [-0.05, 0) is 12.0 Å². The largest absolute Gasteiger partial charge is 0.479 e. The summed E-state index contributed by atoms with van der Waals surface area (Å²) in [7, 11) is 0. The van der Waals surface area contributed by atoms with Crippen molar-refractivity contribution in [1.82, 2.24) is 4.98 Å². The van der Waals surface area contributed by atoms with Crippen LogP contribution >= 0.6 is 0 Å². The predicted molar refractivity (Wildman–Crippen MR) is 83.8 cm³/mol. The second-order valence-electron chi connectivity index (χ2n) is 5.40. The summed E-state index contributed by atoms with van der Waals surface area (Å²) in [4.78, 5) is 15.3. The van der Waals surface area contributed by atoms with Crippen LogP contribution < -0.4 is 4.74 Å². The molecule has 0 aliphatic heterocycles. The van der Waals surface area contributed by atoms with Gasteiger partial charge in [0.05, 0.1) is 0 Å². The molecule has 0 bridgehead atoms. The Labute approximate surface area is 140 Å². The van der Waals surface area contributed by atoms with E-state index in [1.165, 1.54) is 6.20 Å². The van der Waals surface area contributed by atoms with E-state index in [4.69, 9.17) is 4.74 Å². The van der Waals surface area contributed by atoms with E-state index in [0.29, 0.717) is 5.39 Å². The standard InChI is InChI=1S/C18H13F4NO2/c1-2-9-4-3-5-10-11(7-23-17(9)10)14(24)8-25-18-15(21)12(19)6-13(20)16(18)22/h3-7,23H,2,8H2,1H3. The summed E-state index contributed by atoms with van der Waals surface area (Å²) in [6.45, 7) is 1.20. The topological polar surface area (TPSA) is 42.1 Å². The van der Waals surface area contributed by atoms with Crippen molar-refractivity contribution in [2.24, 2.45) is 0 Å². The molecule has 0 atom stereocenters. The fourth-order valence-electron chi connectivity index (χ4n) is 2.64. The number of hydrogen-bond donors (Lipinski definition) is 1. The number of hydrogen-bond acceptors (Lipinski definition) is 2. The van der Waals surface area contributed by atoms with Crippen LogP contribution in [-0.2, 0) is 6.42 Å². The summed E-state index contributed by atoms with van der Waals surface area (Å²) in [5.74, 6) is -8.39. The zero-order valence-electron chi connectivity index (χ0n) is 13.1. The van der Waals surface area contributed by atoms with Crippen molar-refractivity contribution >= 4 is 16.7 Å². The molecule has 0 unspecified atom stereocenters. The molecule has 0 spiro atoms. The average molecular weight is 351 g/mol. The fourth-order valence-corrected chi connectivity index (χ4v) is 2.64. The highest BCUT2D eigenvalue weighted by atomic mass is 19.2. The van der Waals surface area contributed by atoms with Gasteiger partial charge in [0.25, 0.3) is 0 Å². The zero-order chi connectivity index (χ0) is 18.1. The molecule has 3 rings (SSSR count). The zero-order valence-corrected chi connectivity index (χ0v) is 13.1. The molecule has 7 heteroatoms. The van der Waals surface area contributed by atoms with Crippen LogP contribution in [0.4, 0.5) is 17.6 Å². The van der Waals surface area contributed by atoms with Gasteiger partial charge in [-0.2, -0.15) is 8.78 Å². The first-order valence-corrected chi connectivity index (χ1v) is 7.52. The van der Waals surface area contributed by atoms with Crippen molar-refractivity contribution in [2.45, 2.75) is 13.3 Å². The highest BCUT2D eigenvalue weighted by molar-refractivity contribution is 6.09. The van der Waals surface area contributed by atoms with Gasteiger partial charge in [-0.25, -0.2) is 8.78 Å². The molecule has 0 amide bonds. The molecule has 3 aromatic rings. The third-order valence-electron chi connectivity index (χ3n) is 3.90. The Hall–Kier alpha value is -2.83. The number of ether oxygens (including phenoxy) is 1. The second-order valence-corrected chi connectivity index (χ2v) is 5.40. The number of benzene rings is 2. The summed E-state index contributed by atoms with van der Waals surface area (Å²) in [6, 6.07) is 5.49. The van der Waals surface area contributed by atoms with E-state index in [0.717, 1.165) is 17.5 Å². The van der Waals surface area contributed by atoms with Crippen molar-refractivity contribution < 1.29 is 27.1 Å². The molecule has 0 saturated carbocycles. The molecule has 130 valence electrons. The lowest BCUT2D eigenvalue weighted by Crippen LogP contribution is -2.14. The fraction of sp³-hybridized carbons (Fsp3) is 0.167. The third kappa shape index (κ3) is 2.97. The van der Waals surface area contributed by atoms with Crippen molar-refractivity contribution in [3.05, 3.63) is 64.9 Å². The maximum Gasteiger partial charge on any atom is 0.203 e. The van der Waals surface area contributed by atoms with Gasteiger partial charge in [0.2, 0.25) is 17.4 Å². The van der Waals surface area contributed by atoms with Crippen molar-refractivity contribution in [3.8, 4) is 5.75 Å². The van der Waals surface area contributed by atoms with Crippen molar-refractivity contribution in [2.75, 3.05) is 6.61 Å². The summed E-state index contributed by atoms with van der Waals surface area (Å²) in [5, 5.41) is 0.638. The number of aromatic amines is 1. The number of halogens is 4. The predicted octanol–water partition coefficient (Wildman–Crippen LogP) is 4.55. The number of para-hydroxylation sites is 1. The normalized spacial score (nSPS) is 11.1. The van der Waals surface area contributed by atoms with E-state index in [1.54, 1.807) is 12.1 Å². The highest BCUT2D eigenvalue weighted by Gasteiger charge is 2.22. The quantitative estimate of drug-likeness (QED) is 0.416. The number of Topliss-reactive ketones (excluding diaryl/α,β-unsaturated/α-hetero) is 1. The molecule has 1 aromatic heterocycles. The smallest absolute Gasteiger partial charge is 0.203 e. The minimum Gasteiger partial charge on any atom is -0.479 e. The van der Waals surface area contributed by atoms with Gasteiger partial charge in [0.15, 0.2) is 24.0 Å². The van der Waals surface area contributed by atoms with Gasteiger partial charge in [-0.1, -0.05) is 25.1 Å². The van der Waals surface area contributed by atoms with Gasteiger partial charge in [-0.15, -0.1) is 0 Å². The van der Waals surface area contributed by atoms with Crippen molar-refractivity contribution in [1.29, 1.82) is 0 Å². The third-order valence-corrected chi connectivity index (χ3v) is 3.90. The number of carbonyl (C=O) groups excluding carboxylic acids is 1. The summed E-state index contributed by atoms with van der Waals surface area (Å²) >= 11 is 0. The summed E-state index contributed by atoms with van der Waals surface area (Å²) in [6.07, 6.45) is 2.22. The molecule has 0 aliphatic rings. The molecular formula is C18H13F4NO2. The molecule has 25 heavy (non-hydrogen) atoms. The van der Waals surface area contributed by atoms with Gasteiger partial charge >= 0.3 is 0 Å². The van der Waals surface area contributed by atoms with Gasteiger partial charge < -0.3 is 9.72 Å². The van der Waals surface area contributed by atoms with E-state index in [1.807, 2.05) is 13.0 Å². The minimum atomic E-state index is -1.68. The number of rotatable bonds is 5. The second kappa shape index (κ2) is 6.58. The Balaban J connectivity index is 1.88. The molecule has 3 nitrogen and oxygen atoms in total. The lowest BCUT2D eigenvalue weighted by Gasteiger charge is -2.08. The summed E-state index contributed by atoms with van der Waals surface area (Å²) < 4.78 is 58.2. The molecule has 1 heterocycles. The number of fused-ring (bicyclic) bond motifs is 1. The molecule has 0 aliphatic carbocycles. The molecule has 0 radical (unpaired) electrons. The Morgan fingerprint density at radius 1 is 1.12 bits per heavy atom. The van der Waals surface area contributed by atoms with Crippen LogP contribution in [0.5, 0.6) is 5.75 Å². The molecule has 0 saturated heterocycles. The van der Waals surface area contributed by atoms with Gasteiger partial charge in [0, 0.05) is 28.7 Å². The van der Waals surface area contributed by atoms with Crippen LogP contribution in [0.2, 0.25) is 0 Å². The molecule has 2 aromatic carbocycles. The van der Waals surface area contributed by atoms with Crippen LogP contribution in [0, 0.1) is 23.3 Å². The number of aryl methyl sites for hydroxylation is 1. The number of aromatic nitrogens is 1. The first-order chi connectivity index (χ1) is 11.9. The van der Waals surface area contributed by atoms with Crippen LogP contribution in [-0.4, -0.2) is 17.4 Å². The minimum absolute atomic E-state index is 0.0747. The average Bonchev–Trinajstić information content (AvgIpc) is 3.04. The van der Waals surface area contributed by atoms with Crippen LogP contribution in [0.1, 0.15) is 22.8 Å². The van der Waals surface area contributed by atoms with Gasteiger partial charge in [-0.3, -0.25) is 4.79 Å². The van der Waals surface area contributed by atoms with E-state index in [2.05, 4.69) is 4.98 Å². The lowest BCUT2D eigenvalue weighted by molar-refractivity contribution is 0.0915. The van der Waals surface area contributed by atoms with Gasteiger partial charge in [0.1, 0.15) is 0 Å². The number of H-pyrrole nitrogens is 1. The number of nitrogens with one attached hydrogen (secondary N) is 1. The summed E-state index contributed by atoms with van der Waals surface area (Å²) in [5.41, 5.74) is 2.05. The van der Waals surface area contributed by atoms with E-state index >= 15 is 0 Å². The van der Waals surface area contributed by atoms with E-state index in [-0.39, 0.29) is 11.6 Å². The first-order valence-electron chi connectivity index (χ1n) is 7.52. The maximum absolute atomic E-state index is 13.6. The Morgan fingerprint density at radius 2 is 1.80 bits per heavy atom. The SMILES string of the molecule is CCc1cccc2c(C(=O)COc3c(F)c(F)cc(F)c3F)c[nH]c12. The maximum atomic E-state index is 13.6. The Morgan fingerprint density at radius 3 is 2.44 bits per heavy atom. The molecule has 1 N–H and O–H groups in total. The Kier molecular flexibility index (Phi) is 4.48. The molecular weight excluding hydrogens is 338 g/mol. The van der Waals surface area contributed by atoms with E-state index < -0.39 is 41.4 Å². The van der Waals surface area contributed by atoms with Crippen LogP contribution in [0.3, 0.4) is 0 Å². The molecule has 0 fully saturated rings. The monoisotopic (exact) mass is 351 g/mol. The Bertz CT molecular complexity index is 939. The van der Waals surface area contributed by atoms with Crippen LogP contribution in [0.15, 0.2) is 30.5 Å². The van der Waals surface area contributed by atoms with Crippen LogP contribution in [0.25, 0.3) is 10.9 Å². The number of carbonyl (C=O) groups is 1. The lowest BCUT2D eigenvalue weighted by atomic mass is 10.1. The first kappa shape index (κ1) is 17.0. The van der Waals surface area contributed by atoms with E-state index in [9.17, 15) is 22.4 Å². The highest BCUT2D eigenvalue weighted by Crippen LogP contribution is 2.27.